The Hall–Kier alpha value is -2.17. The summed E-state index contributed by atoms with van der Waals surface area (Å²) in [6.07, 6.45) is -0.155. The Bertz CT molecular complexity index is 529. The van der Waals surface area contributed by atoms with Crippen LogP contribution in [-0.2, 0) is 6.42 Å². The van der Waals surface area contributed by atoms with Crippen LogP contribution in [0, 0.1) is 0 Å². The van der Waals surface area contributed by atoms with Crippen molar-refractivity contribution in [1.29, 1.82) is 0 Å². The maximum absolute atomic E-state index is 12.8. The number of pyridine rings is 1. The van der Waals surface area contributed by atoms with Crippen LogP contribution in [0.25, 0.3) is 0 Å². The Morgan fingerprint density at radius 1 is 1.21 bits per heavy atom. The first-order valence-electron chi connectivity index (χ1n) is 5.98. The number of anilines is 2. The first-order valence-corrected chi connectivity index (χ1v) is 5.98. The highest BCUT2D eigenvalue weighted by Crippen LogP contribution is 2.28. The standard InChI is InChI=1S/C14H15F2N3/c15-14(16)12-9-10(17)4-5-13(12)19-8-6-11-3-1-2-7-18-11/h1-5,7,9,14,19H,6,8,17H2. The Morgan fingerprint density at radius 3 is 2.74 bits per heavy atom. The van der Waals surface area contributed by atoms with E-state index in [1.165, 1.54) is 6.07 Å². The van der Waals surface area contributed by atoms with Gasteiger partial charge in [-0.1, -0.05) is 6.07 Å². The number of nitrogens with two attached hydrogens (primary N) is 1. The van der Waals surface area contributed by atoms with Gasteiger partial charge in [0.05, 0.1) is 0 Å². The smallest absolute Gasteiger partial charge is 0.265 e. The van der Waals surface area contributed by atoms with Crippen LogP contribution in [0.3, 0.4) is 0 Å². The van der Waals surface area contributed by atoms with Crippen LogP contribution in [0.5, 0.6) is 0 Å². The van der Waals surface area contributed by atoms with Gasteiger partial charge in [0.1, 0.15) is 0 Å². The summed E-state index contributed by atoms with van der Waals surface area (Å²) in [5.74, 6) is 0. The van der Waals surface area contributed by atoms with Gasteiger partial charge >= 0.3 is 0 Å². The molecule has 0 fully saturated rings. The summed E-state index contributed by atoms with van der Waals surface area (Å²) in [5, 5.41) is 2.99. The van der Waals surface area contributed by atoms with E-state index in [2.05, 4.69) is 10.3 Å². The summed E-state index contributed by atoms with van der Waals surface area (Å²) < 4.78 is 25.7. The van der Waals surface area contributed by atoms with E-state index in [1.54, 1.807) is 18.3 Å². The fourth-order valence-corrected chi connectivity index (χ4v) is 1.79. The molecule has 1 heterocycles. The van der Waals surface area contributed by atoms with E-state index in [9.17, 15) is 8.78 Å². The van der Waals surface area contributed by atoms with Gasteiger partial charge < -0.3 is 11.1 Å². The van der Waals surface area contributed by atoms with Crippen molar-refractivity contribution in [3.8, 4) is 0 Å². The molecule has 2 rings (SSSR count). The maximum atomic E-state index is 12.8. The third-order valence-corrected chi connectivity index (χ3v) is 2.73. The van der Waals surface area contributed by atoms with Crippen LogP contribution < -0.4 is 11.1 Å². The molecule has 3 nitrogen and oxygen atoms in total. The number of hydrogen-bond acceptors (Lipinski definition) is 3. The van der Waals surface area contributed by atoms with Crippen molar-refractivity contribution in [3.05, 3.63) is 53.9 Å². The van der Waals surface area contributed by atoms with E-state index < -0.39 is 6.43 Å². The van der Waals surface area contributed by atoms with Crippen LogP contribution in [0.15, 0.2) is 42.6 Å². The summed E-state index contributed by atoms with van der Waals surface area (Å²) in [6, 6.07) is 10.1. The number of alkyl halides is 2. The highest BCUT2D eigenvalue weighted by atomic mass is 19.3. The van der Waals surface area contributed by atoms with E-state index >= 15 is 0 Å². The quantitative estimate of drug-likeness (QED) is 0.814. The van der Waals surface area contributed by atoms with Crippen molar-refractivity contribution in [3.63, 3.8) is 0 Å². The number of benzene rings is 1. The van der Waals surface area contributed by atoms with Crippen LogP contribution in [-0.4, -0.2) is 11.5 Å². The lowest BCUT2D eigenvalue weighted by atomic mass is 10.1. The summed E-state index contributed by atoms with van der Waals surface area (Å²) in [6.45, 7) is 0.542. The number of halogens is 2. The summed E-state index contributed by atoms with van der Waals surface area (Å²) >= 11 is 0. The predicted octanol–water partition coefficient (Wildman–Crippen LogP) is 3.26. The molecule has 5 heteroatoms. The van der Waals surface area contributed by atoms with Gasteiger partial charge in [0, 0.05) is 41.8 Å². The van der Waals surface area contributed by atoms with Crippen LogP contribution >= 0.6 is 0 Å². The van der Waals surface area contributed by atoms with Crippen LogP contribution in [0.2, 0.25) is 0 Å². The Balaban J connectivity index is 2.00. The molecule has 0 aliphatic carbocycles. The average Bonchev–Trinajstić information content (AvgIpc) is 2.41. The topological polar surface area (TPSA) is 50.9 Å². The van der Waals surface area contributed by atoms with E-state index in [0.717, 1.165) is 5.69 Å². The fraction of sp³-hybridized carbons (Fsp3) is 0.214. The number of nitrogens with zero attached hydrogens (tertiary/aromatic N) is 1. The molecule has 0 radical (unpaired) electrons. The molecule has 19 heavy (non-hydrogen) atoms. The van der Waals surface area contributed by atoms with E-state index in [1.807, 2.05) is 18.2 Å². The van der Waals surface area contributed by atoms with E-state index in [4.69, 9.17) is 5.73 Å². The first kappa shape index (κ1) is 13.3. The minimum atomic E-state index is -2.54. The maximum Gasteiger partial charge on any atom is 0.265 e. The minimum absolute atomic E-state index is 0.0685. The average molecular weight is 263 g/mol. The zero-order chi connectivity index (χ0) is 13.7. The Morgan fingerprint density at radius 2 is 2.05 bits per heavy atom. The molecule has 0 aliphatic heterocycles. The van der Waals surface area contributed by atoms with Gasteiger partial charge in [-0.3, -0.25) is 4.98 Å². The second kappa shape index (κ2) is 6.13. The lowest BCUT2D eigenvalue weighted by Crippen LogP contribution is -2.08. The molecule has 0 bridgehead atoms. The van der Waals surface area contributed by atoms with Gasteiger partial charge in [-0.25, -0.2) is 8.78 Å². The number of rotatable bonds is 5. The number of nitrogen functional groups attached to an aromatic ring is 1. The van der Waals surface area contributed by atoms with Gasteiger partial charge in [-0.15, -0.1) is 0 Å². The highest BCUT2D eigenvalue weighted by molar-refractivity contribution is 5.58. The molecular formula is C14H15F2N3. The molecule has 0 saturated heterocycles. The molecule has 0 amide bonds. The largest absolute Gasteiger partial charge is 0.399 e. The van der Waals surface area contributed by atoms with Crippen molar-refractivity contribution in [1.82, 2.24) is 4.98 Å². The fourth-order valence-electron chi connectivity index (χ4n) is 1.79. The number of aromatic nitrogens is 1. The summed E-state index contributed by atoms with van der Waals surface area (Å²) in [7, 11) is 0. The molecule has 0 aliphatic rings. The minimum Gasteiger partial charge on any atom is -0.399 e. The SMILES string of the molecule is Nc1ccc(NCCc2ccccn2)c(C(F)F)c1. The van der Waals surface area contributed by atoms with E-state index in [-0.39, 0.29) is 5.56 Å². The van der Waals surface area contributed by atoms with Gasteiger partial charge in [0.25, 0.3) is 6.43 Å². The van der Waals surface area contributed by atoms with Crippen molar-refractivity contribution >= 4 is 11.4 Å². The zero-order valence-electron chi connectivity index (χ0n) is 10.3. The lowest BCUT2D eigenvalue weighted by Gasteiger charge is -2.12. The zero-order valence-corrected chi connectivity index (χ0v) is 10.3. The predicted molar refractivity (Wildman–Crippen MR) is 72.2 cm³/mol. The van der Waals surface area contributed by atoms with Crippen LogP contribution in [0.1, 0.15) is 17.7 Å². The molecule has 0 unspecified atom stereocenters. The van der Waals surface area contributed by atoms with Gasteiger partial charge in [0.2, 0.25) is 0 Å². The van der Waals surface area contributed by atoms with Crippen molar-refractivity contribution in [2.45, 2.75) is 12.8 Å². The Kier molecular flexibility index (Phi) is 4.28. The second-order valence-corrected chi connectivity index (χ2v) is 4.15. The van der Waals surface area contributed by atoms with Crippen molar-refractivity contribution in [2.75, 3.05) is 17.6 Å². The molecular weight excluding hydrogens is 248 g/mol. The van der Waals surface area contributed by atoms with Crippen molar-refractivity contribution in [2.24, 2.45) is 0 Å². The second-order valence-electron chi connectivity index (χ2n) is 4.15. The molecule has 2 aromatic rings. The number of hydrogen-bond donors (Lipinski definition) is 2. The number of nitrogens with one attached hydrogen (secondary N) is 1. The first-order chi connectivity index (χ1) is 9.16. The monoisotopic (exact) mass is 263 g/mol. The molecule has 0 atom stereocenters. The normalized spacial score (nSPS) is 10.7. The third-order valence-electron chi connectivity index (χ3n) is 2.73. The lowest BCUT2D eigenvalue weighted by molar-refractivity contribution is 0.152. The molecule has 0 spiro atoms. The van der Waals surface area contributed by atoms with Crippen LogP contribution in [0.4, 0.5) is 20.2 Å². The van der Waals surface area contributed by atoms with Gasteiger partial charge in [-0.05, 0) is 30.3 Å². The molecule has 3 N–H and O–H groups in total. The van der Waals surface area contributed by atoms with Gasteiger partial charge in [-0.2, -0.15) is 0 Å². The molecule has 1 aromatic heterocycles. The Labute approximate surface area is 110 Å². The van der Waals surface area contributed by atoms with Gasteiger partial charge in [0.15, 0.2) is 0 Å². The summed E-state index contributed by atoms with van der Waals surface area (Å²) in [5.41, 5.74) is 7.12. The molecule has 1 aromatic carbocycles. The molecule has 100 valence electrons. The molecule has 0 saturated carbocycles. The van der Waals surface area contributed by atoms with E-state index in [0.29, 0.717) is 24.3 Å². The summed E-state index contributed by atoms with van der Waals surface area (Å²) in [4.78, 5) is 4.17. The van der Waals surface area contributed by atoms with Crippen molar-refractivity contribution < 1.29 is 8.78 Å². The highest BCUT2D eigenvalue weighted by Gasteiger charge is 2.12. The third kappa shape index (κ3) is 3.64.